The van der Waals surface area contributed by atoms with Crippen LogP contribution in [0.3, 0.4) is 0 Å². The molecule has 0 saturated carbocycles. The molecule has 26 heavy (non-hydrogen) atoms. The molecule has 0 bridgehead atoms. The van der Waals surface area contributed by atoms with E-state index in [1.807, 2.05) is 13.0 Å². The summed E-state index contributed by atoms with van der Waals surface area (Å²) in [6.45, 7) is 2.50. The van der Waals surface area contributed by atoms with Crippen molar-refractivity contribution in [3.05, 3.63) is 24.4 Å². The van der Waals surface area contributed by atoms with Crippen LogP contribution < -0.4 is 5.32 Å². The molecule has 3 heterocycles. The zero-order valence-electron chi connectivity index (χ0n) is 14.6. The molecule has 0 spiro atoms. The van der Waals surface area contributed by atoms with E-state index in [2.05, 4.69) is 25.5 Å². The van der Waals surface area contributed by atoms with Crippen molar-refractivity contribution < 1.29 is 13.2 Å². The van der Waals surface area contributed by atoms with Crippen LogP contribution in [0.15, 0.2) is 24.4 Å². The van der Waals surface area contributed by atoms with Crippen LogP contribution in [0, 0.1) is 5.92 Å². The number of amides is 1. The standard InChI is InChI=1S/C16H22N6O3S/c1-2-10-26(24,25)22-9-5-6-12(11-22)15(23)19-16-18-14(20-21-16)13-7-3-4-8-17-13/h3-4,7-8,12H,2,5-6,9-11H2,1H3,(H2,18,19,20,21,23). The maximum atomic E-state index is 12.5. The molecule has 3 rings (SSSR count). The summed E-state index contributed by atoms with van der Waals surface area (Å²) < 4.78 is 25.9. The highest BCUT2D eigenvalue weighted by atomic mass is 32.2. The maximum Gasteiger partial charge on any atom is 0.249 e. The van der Waals surface area contributed by atoms with Crippen LogP contribution in [-0.2, 0) is 14.8 Å². The summed E-state index contributed by atoms with van der Waals surface area (Å²) in [6.07, 6.45) is 3.50. The van der Waals surface area contributed by atoms with Gasteiger partial charge in [-0.1, -0.05) is 13.0 Å². The van der Waals surface area contributed by atoms with Crippen LogP contribution in [-0.4, -0.2) is 57.6 Å². The number of hydrogen-bond acceptors (Lipinski definition) is 6. The smallest absolute Gasteiger partial charge is 0.249 e. The Bertz CT molecular complexity index is 852. The highest BCUT2D eigenvalue weighted by molar-refractivity contribution is 7.89. The quantitative estimate of drug-likeness (QED) is 0.780. The zero-order valence-corrected chi connectivity index (χ0v) is 15.4. The first-order valence-corrected chi connectivity index (χ1v) is 10.2. The Labute approximate surface area is 152 Å². The Morgan fingerprint density at radius 2 is 2.27 bits per heavy atom. The van der Waals surface area contributed by atoms with Crippen molar-refractivity contribution in [2.24, 2.45) is 5.92 Å². The third kappa shape index (κ3) is 4.25. The van der Waals surface area contributed by atoms with E-state index in [1.54, 1.807) is 18.3 Å². The van der Waals surface area contributed by atoms with E-state index in [0.29, 0.717) is 37.3 Å². The van der Waals surface area contributed by atoms with Crippen molar-refractivity contribution in [3.8, 4) is 11.5 Å². The van der Waals surface area contributed by atoms with E-state index in [0.717, 1.165) is 0 Å². The summed E-state index contributed by atoms with van der Waals surface area (Å²) in [5.41, 5.74) is 0.620. The Balaban J connectivity index is 1.64. The van der Waals surface area contributed by atoms with E-state index in [4.69, 9.17) is 0 Å². The molecule has 10 heteroatoms. The maximum absolute atomic E-state index is 12.5. The number of carbonyl (C=O) groups excluding carboxylic acids is 1. The van der Waals surface area contributed by atoms with Gasteiger partial charge < -0.3 is 0 Å². The second kappa shape index (κ2) is 7.92. The van der Waals surface area contributed by atoms with Crippen molar-refractivity contribution in [1.82, 2.24) is 24.5 Å². The SMILES string of the molecule is CCCS(=O)(=O)N1CCCC(C(=O)Nc2n[nH]c(-c3ccccn3)n2)C1. The summed E-state index contributed by atoms with van der Waals surface area (Å²) >= 11 is 0. The fraction of sp³-hybridized carbons (Fsp3) is 0.500. The molecule has 0 aliphatic carbocycles. The third-order valence-corrected chi connectivity index (χ3v) is 6.28. The number of aromatic nitrogens is 4. The number of hydrogen-bond donors (Lipinski definition) is 2. The number of anilines is 1. The topological polar surface area (TPSA) is 121 Å². The molecule has 1 amide bonds. The van der Waals surface area contributed by atoms with Gasteiger partial charge in [-0.25, -0.2) is 12.7 Å². The minimum atomic E-state index is -3.30. The molecule has 1 aliphatic rings. The Hall–Kier alpha value is -2.33. The highest BCUT2D eigenvalue weighted by Crippen LogP contribution is 2.21. The van der Waals surface area contributed by atoms with Crippen molar-refractivity contribution in [2.45, 2.75) is 26.2 Å². The second-order valence-electron chi connectivity index (χ2n) is 6.23. The largest absolute Gasteiger partial charge is 0.293 e. The van der Waals surface area contributed by atoms with Crippen molar-refractivity contribution in [2.75, 3.05) is 24.2 Å². The molecule has 1 fully saturated rings. The van der Waals surface area contributed by atoms with Gasteiger partial charge >= 0.3 is 0 Å². The molecular formula is C16H22N6O3S. The Kier molecular flexibility index (Phi) is 5.62. The molecule has 2 N–H and O–H groups in total. The molecule has 1 aliphatic heterocycles. The lowest BCUT2D eigenvalue weighted by atomic mass is 9.99. The monoisotopic (exact) mass is 378 g/mol. The summed E-state index contributed by atoms with van der Waals surface area (Å²) in [7, 11) is -3.30. The molecule has 140 valence electrons. The van der Waals surface area contributed by atoms with Gasteiger partial charge in [0.2, 0.25) is 21.9 Å². The second-order valence-corrected chi connectivity index (χ2v) is 8.31. The molecule has 1 unspecified atom stereocenters. The molecule has 2 aromatic rings. The van der Waals surface area contributed by atoms with Crippen molar-refractivity contribution in [1.29, 1.82) is 0 Å². The molecule has 0 radical (unpaired) electrons. The average molecular weight is 378 g/mol. The van der Waals surface area contributed by atoms with Gasteiger partial charge in [0.05, 0.1) is 11.7 Å². The summed E-state index contributed by atoms with van der Waals surface area (Å²) in [5.74, 6) is 0.0384. The number of pyridine rings is 1. The molecule has 1 saturated heterocycles. The normalized spacial score (nSPS) is 18.6. The lowest BCUT2D eigenvalue weighted by Gasteiger charge is -2.30. The summed E-state index contributed by atoms with van der Waals surface area (Å²) in [6, 6.07) is 5.41. The predicted octanol–water partition coefficient (Wildman–Crippen LogP) is 1.26. The van der Waals surface area contributed by atoms with E-state index < -0.39 is 15.9 Å². The minimum absolute atomic E-state index is 0.107. The molecular weight excluding hydrogens is 356 g/mol. The average Bonchev–Trinajstić information content (AvgIpc) is 3.11. The van der Waals surface area contributed by atoms with Gasteiger partial charge in [-0.15, -0.1) is 5.10 Å². The van der Waals surface area contributed by atoms with Crippen molar-refractivity contribution in [3.63, 3.8) is 0 Å². The minimum Gasteiger partial charge on any atom is -0.293 e. The van der Waals surface area contributed by atoms with E-state index in [-0.39, 0.29) is 24.2 Å². The lowest BCUT2D eigenvalue weighted by Crippen LogP contribution is -2.44. The molecule has 1 atom stereocenters. The van der Waals surface area contributed by atoms with E-state index >= 15 is 0 Å². The Morgan fingerprint density at radius 3 is 3.00 bits per heavy atom. The fourth-order valence-corrected chi connectivity index (χ4v) is 4.53. The zero-order chi connectivity index (χ0) is 18.6. The Morgan fingerprint density at radius 1 is 1.42 bits per heavy atom. The van der Waals surface area contributed by atoms with Gasteiger partial charge in [0.1, 0.15) is 5.69 Å². The third-order valence-electron chi connectivity index (χ3n) is 4.24. The van der Waals surface area contributed by atoms with Crippen LogP contribution in [0.2, 0.25) is 0 Å². The van der Waals surface area contributed by atoms with Crippen LogP contribution in [0.4, 0.5) is 5.95 Å². The first-order valence-electron chi connectivity index (χ1n) is 8.62. The first kappa shape index (κ1) is 18.5. The van der Waals surface area contributed by atoms with Crippen LogP contribution in [0.1, 0.15) is 26.2 Å². The number of nitrogens with zero attached hydrogens (tertiary/aromatic N) is 4. The van der Waals surface area contributed by atoms with Crippen molar-refractivity contribution >= 4 is 21.9 Å². The number of nitrogens with one attached hydrogen (secondary N) is 2. The predicted molar refractivity (Wildman–Crippen MR) is 96.6 cm³/mol. The van der Waals surface area contributed by atoms with Gasteiger partial charge in [-0.05, 0) is 31.4 Å². The lowest BCUT2D eigenvalue weighted by molar-refractivity contribution is -0.120. The number of carbonyl (C=O) groups is 1. The van der Waals surface area contributed by atoms with Crippen LogP contribution >= 0.6 is 0 Å². The highest BCUT2D eigenvalue weighted by Gasteiger charge is 2.32. The van der Waals surface area contributed by atoms with E-state index in [1.165, 1.54) is 4.31 Å². The summed E-state index contributed by atoms with van der Waals surface area (Å²) in [5, 5.41) is 9.38. The van der Waals surface area contributed by atoms with Gasteiger partial charge in [-0.3, -0.25) is 20.2 Å². The molecule has 0 aromatic carbocycles. The van der Waals surface area contributed by atoms with Crippen LogP contribution in [0.5, 0.6) is 0 Å². The van der Waals surface area contributed by atoms with Gasteiger partial charge in [0.25, 0.3) is 0 Å². The van der Waals surface area contributed by atoms with Gasteiger partial charge in [-0.2, -0.15) is 4.98 Å². The number of aromatic amines is 1. The number of rotatable bonds is 6. The number of H-pyrrole nitrogens is 1. The summed E-state index contributed by atoms with van der Waals surface area (Å²) in [4.78, 5) is 20.9. The first-order chi connectivity index (χ1) is 12.5. The number of sulfonamides is 1. The molecule has 9 nitrogen and oxygen atoms in total. The van der Waals surface area contributed by atoms with Gasteiger partial charge in [0, 0.05) is 19.3 Å². The fourth-order valence-electron chi connectivity index (χ4n) is 2.94. The molecule has 2 aromatic heterocycles. The van der Waals surface area contributed by atoms with Gasteiger partial charge in [0.15, 0.2) is 5.82 Å². The van der Waals surface area contributed by atoms with E-state index in [9.17, 15) is 13.2 Å². The van der Waals surface area contributed by atoms with Crippen LogP contribution in [0.25, 0.3) is 11.5 Å². The number of piperidine rings is 1.